The molecule has 1 saturated carbocycles. The van der Waals surface area contributed by atoms with Gasteiger partial charge < -0.3 is 4.98 Å². The number of aromatic nitrogens is 2. The molecule has 1 N–H and O–H groups in total. The van der Waals surface area contributed by atoms with Gasteiger partial charge in [-0.3, -0.25) is 9.69 Å². The Balaban J connectivity index is 2.05. The molecule has 1 aliphatic carbocycles. The highest BCUT2D eigenvalue weighted by molar-refractivity contribution is 5.24. The molecule has 4 nitrogen and oxygen atoms in total. The molecule has 0 amide bonds. The summed E-state index contributed by atoms with van der Waals surface area (Å²) in [4.78, 5) is 21.6. The Morgan fingerprint density at radius 3 is 2.88 bits per heavy atom. The number of aryl methyl sites for hydroxylation is 1. The topological polar surface area (TPSA) is 49.0 Å². The zero-order chi connectivity index (χ0) is 11.3. The molecule has 3 rings (SSSR count). The molecule has 1 unspecified atom stereocenters. The maximum absolute atomic E-state index is 11.8. The molecular formula is C12H17N3O. The third kappa shape index (κ3) is 1.48. The lowest BCUT2D eigenvalue weighted by Crippen LogP contribution is -2.39. The van der Waals surface area contributed by atoms with Crippen LogP contribution in [0.1, 0.15) is 42.9 Å². The molecule has 4 heteroatoms. The van der Waals surface area contributed by atoms with Gasteiger partial charge in [0, 0.05) is 18.2 Å². The van der Waals surface area contributed by atoms with Crippen molar-refractivity contribution in [2.45, 2.75) is 45.2 Å². The molecule has 86 valence electrons. The second kappa shape index (κ2) is 3.42. The fourth-order valence-electron chi connectivity index (χ4n) is 2.72. The van der Waals surface area contributed by atoms with Crippen LogP contribution in [0.3, 0.4) is 0 Å². The highest BCUT2D eigenvalue weighted by atomic mass is 16.1. The minimum atomic E-state index is 0.0600. The Kier molecular flexibility index (Phi) is 2.14. The average Bonchev–Trinajstić information content (AvgIpc) is 3.03. The van der Waals surface area contributed by atoms with Crippen molar-refractivity contribution < 1.29 is 0 Å². The number of H-pyrrole nitrogens is 1. The third-order valence-electron chi connectivity index (χ3n) is 3.69. The van der Waals surface area contributed by atoms with E-state index in [2.05, 4.69) is 21.8 Å². The average molecular weight is 219 g/mol. The Bertz CT molecular complexity index is 476. The van der Waals surface area contributed by atoms with Crippen LogP contribution in [0.2, 0.25) is 0 Å². The van der Waals surface area contributed by atoms with Gasteiger partial charge in [0.15, 0.2) is 0 Å². The van der Waals surface area contributed by atoms with Gasteiger partial charge in [-0.05, 0) is 33.1 Å². The van der Waals surface area contributed by atoms with E-state index in [1.54, 1.807) is 0 Å². The minimum absolute atomic E-state index is 0.0600. The summed E-state index contributed by atoms with van der Waals surface area (Å²) in [6, 6.07) is 1.04. The van der Waals surface area contributed by atoms with Gasteiger partial charge in [0.25, 0.3) is 5.56 Å². The standard InChI is InChI=1S/C12H17N3O/c1-7-11-10(12(16)14-8(2)13-11)5-6-15(7)9-3-4-9/h7,9H,3-6H2,1-2H3,(H,13,14,16). The predicted molar refractivity (Wildman–Crippen MR) is 61.4 cm³/mol. The summed E-state index contributed by atoms with van der Waals surface area (Å²) in [5.74, 6) is 0.730. The van der Waals surface area contributed by atoms with Gasteiger partial charge in [-0.2, -0.15) is 0 Å². The molecular weight excluding hydrogens is 202 g/mol. The van der Waals surface area contributed by atoms with Crippen molar-refractivity contribution in [3.8, 4) is 0 Å². The van der Waals surface area contributed by atoms with Crippen molar-refractivity contribution in [3.63, 3.8) is 0 Å². The van der Waals surface area contributed by atoms with E-state index in [1.165, 1.54) is 12.8 Å². The number of nitrogens with one attached hydrogen (secondary N) is 1. The summed E-state index contributed by atoms with van der Waals surface area (Å²) in [5.41, 5.74) is 1.96. The van der Waals surface area contributed by atoms with E-state index < -0.39 is 0 Å². The molecule has 16 heavy (non-hydrogen) atoms. The second-order valence-corrected chi connectivity index (χ2v) is 4.91. The maximum Gasteiger partial charge on any atom is 0.254 e. The first-order valence-corrected chi connectivity index (χ1v) is 6.02. The molecule has 0 saturated heterocycles. The van der Waals surface area contributed by atoms with E-state index in [-0.39, 0.29) is 5.56 Å². The predicted octanol–water partition coefficient (Wildman–Crippen LogP) is 1.16. The first-order valence-electron chi connectivity index (χ1n) is 6.02. The zero-order valence-corrected chi connectivity index (χ0v) is 9.79. The number of rotatable bonds is 1. The van der Waals surface area contributed by atoms with Crippen LogP contribution in [0, 0.1) is 6.92 Å². The van der Waals surface area contributed by atoms with Crippen LogP contribution in [0.4, 0.5) is 0 Å². The largest absolute Gasteiger partial charge is 0.311 e. The van der Waals surface area contributed by atoms with Crippen molar-refractivity contribution in [2.75, 3.05) is 6.54 Å². The van der Waals surface area contributed by atoms with Crippen LogP contribution >= 0.6 is 0 Å². The highest BCUT2D eigenvalue weighted by Crippen LogP contribution is 2.36. The van der Waals surface area contributed by atoms with Crippen LogP contribution in [-0.4, -0.2) is 27.5 Å². The van der Waals surface area contributed by atoms with E-state index in [0.717, 1.165) is 36.1 Å². The van der Waals surface area contributed by atoms with Gasteiger partial charge >= 0.3 is 0 Å². The molecule has 0 aromatic carbocycles. The van der Waals surface area contributed by atoms with Gasteiger partial charge in [0.2, 0.25) is 0 Å². The lowest BCUT2D eigenvalue weighted by atomic mass is 10.00. The number of hydrogen-bond donors (Lipinski definition) is 1. The van der Waals surface area contributed by atoms with Crippen LogP contribution < -0.4 is 5.56 Å². The summed E-state index contributed by atoms with van der Waals surface area (Å²) in [6.45, 7) is 5.03. The van der Waals surface area contributed by atoms with Gasteiger partial charge in [-0.15, -0.1) is 0 Å². The van der Waals surface area contributed by atoms with Gasteiger partial charge in [-0.25, -0.2) is 4.98 Å². The molecule has 0 radical (unpaired) electrons. The molecule has 1 aromatic rings. The summed E-state index contributed by atoms with van der Waals surface area (Å²) in [5, 5.41) is 0. The quantitative estimate of drug-likeness (QED) is 0.771. The fraction of sp³-hybridized carbons (Fsp3) is 0.667. The third-order valence-corrected chi connectivity index (χ3v) is 3.69. The van der Waals surface area contributed by atoms with Crippen molar-refractivity contribution in [1.29, 1.82) is 0 Å². The summed E-state index contributed by atoms with van der Waals surface area (Å²) in [7, 11) is 0. The molecule has 2 aliphatic rings. The highest BCUT2D eigenvalue weighted by Gasteiger charge is 2.36. The lowest BCUT2D eigenvalue weighted by Gasteiger charge is -2.34. The number of fused-ring (bicyclic) bond motifs is 1. The molecule has 0 bridgehead atoms. The van der Waals surface area contributed by atoms with Crippen LogP contribution in [-0.2, 0) is 6.42 Å². The Labute approximate surface area is 94.7 Å². The van der Waals surface area contributed by atoms with E-state index in [0.29, 0.717) is 6.04 Å². The number of nitrogens with zero attached hydrogens (tertiary/aromatic N) is 2. The van der Waals surface area contributed by atoms with Crippen molar-refractivity contribution >= 4 is 0 Å². The number of aromatic amines is 1. The van der Waals surface area contributed by atoms with Crippen molar-refractivity contribution in [3.05, 3.63) is 27.4 Å². The molecule has 1 aliphatic heterocycles. The zero-order valence-electron chi connectivity index (χ0n) is 9.79. The Morgan fingerprint density at radius 1 is 1.44 bits per heavy atom. The molecule has 1 aromatic heterocycles. The van der Waals surface area contributed by atoms with Crippen LogP contribution in [0.25, 0.3) is 0 Å². The van der Waals surface area contributed by atoms with Crippen LogP contribution in [0.5, 0.6) is 0 Å². The van der Waals surface area contributed by atoms with Crippen molar-refractivity contribution in [2.24, 2.45) is 0 Å². The molecule has 0 spiro atoms. The Morgan fingerprint density at radius 2 is 2.19 bits per heavy atom. The first-order chi connectivity index (χ1) is 7.66. The van der Waals surface area contributed by atoms with Crippen molar-refractivity contribution in [1.82, 2.24) is 14.9 Å². The van der Waals surface area contributed by atoms with Gasteiger partial charge in [0.05, 0.1) is 11.7 Å². The molecule has 1 fully saturated rings. The second-order valence-electron chi connectivity index (χ2n) is 4.91. The van der Waals surface area contributed by atoms with Gasteiger partial charge in [0.1, 0.15) is 5.82 Å². The van der Waals surface area contributed by atoms with E-state index in [9.17, 15) is 4.79 Å². The van der Waals surface area contributed by atoms with E-state index in [4.69, 9.17) is 0 Å². The summed E-state index contributed by atoms with van der Waals surface area (Å²) < 4.78 is 0. The van der Waals surface area contributed by atoms with E-state index >= 15 is 0 Å². The van der Waals surface area contributed by atoms with E-state index in [1.807, 2.05) is 6.92 Å². The maximum atomic E-state index is 11.8. The van der Waals surface area contributed by atoms with Crippen LogP contribution in [0.15, 0.2) is 4.79 Å². The minimum Gasteiger partial charge on any atom is -0.311 e. The monoisotopic (exact) mass is 219 g/mol. The number of hydrogen-bond acceptors (Lipinski definition) is 3. The van der Waals surface area contributed by atoms with Gasteiger partial charge in [-0.1, -0.05) is 0 Å². The lowest BCUT2D eigenvalue weighted by molar-refractivity contribution is 0.183. The first kappa shape index (κ1) is 10.0. The fourth-order valence-corrected chi connectivity index (χ4v) is 2.72. The summed E-state index contributed by atoms with van der Waals surface area (Å²) in [6.07, 6.45) is 3.46. The normalized spacial score (nSPS) is 25.5. The Hall–Kier alpha value is -1.16. The molecule has 1 atom stereocenters. The summed E-state index contributed by atoms with van der Waals surface area (Å²) >= 11 is 0. The molecule has 2 heterocycles. The SMILES string of the molecule is Cc1nc2c(c(=O)[nH]1)CCN(C1CC1)C2C. The smallest absolute Gasteiger partial charge is 0.254 e.